The molecule has 0 amide bonds. The molecule has 1 heterocycles. The Bertz CT molecular complexity index is 718. The molecular weight excluding hydrogens is 321 g/mol. The third-order valence-electron chi connectivity index (χ3n) is 2.62. The van der Waals surface area contributed by atoms with Crippen molar-refractivity contribution < 1.29 is 13.7 Å². The molecule has 0 N–H and O–H groups in total. The molecule has 7 heteroatoms. The van der Waals surface area contributed by atoms with Crippen LogP contribution in [0.3, 0.4) is 0 Å². The third kappa shape index (κ3) is 2.66. The first-order valence-electron chi connectivity index (χ1n) is 5.75. The van der Waals surface area contributed by atoms with E-state index in [1.807, 2.05) is 0 Å². The van der Waals surface area contributed by atoms with Gasteiger partial charge in [0.2, 0.25) is 0 Å². The first-order valence-corrected chi connectivity index (χ1v) is 8.07. The lowest BCUT2D eigenvalue weighted by Gasteiger charge is -2.11. The minimum Gasteiger partial charge on any atom is -0.462 e. The minimum absolute atomic E-state index is 0.0316. The van der Waals surface area contributed by atoms with Crippen LogP contribution in [0.5, 0.6) is 0 Å². The van der Waals surface area contributed by atoms with Crippen LogP contribution in [-0.4, -0.2) is 28.0 Å². The molecule has 1 atom stereocenters. The van der Waals surface area contributed by atoms with Gasteiger partial charge in [0, 0.05) is 11.6 Å². The molecule has 0 aliphatic carbocycles. The number of rotatable bonds is 3. The van der Waals surface area contributed by atoms with E-state index >= 15 is 0 Å². The Morgan fingerprint density at radius 1 is 1.40 bits per heavy atom. The van der Waals surface area contributed by atoms with Crippen molar-refractivity contribution in [3.63, 3.8) is 0 Å². The number of para-hydroxylation sites is 1. The first kappa shape index (κ1) is 15.2. The maximum atomic E-state index is 12.0. The number of carbonyl (C=O) groups is 1. The quantitative estimate of drug-likeness (QED) is 0.808. The van der Waals surface area contributed by atoms with Gasteiger partial charge in [-0.3, -0.25) is 4.21 Å². The molecule has 1 aromatic carbocycles. The standard InChI is InChI=1S/C13H11Cl2NO3S/c1-3-19-13(17)9-10(15)7-5-4-6-8(14)11(7)16-12(9)20(2)18/h4-6H,3H2,1-2H3. The lowest BCUT2D eigenvalue weighted by molar-refractivity contribution is 0.0521. The van der Waals surface area contributed by atoms with Crippen LogP contribution in [0.1, 0.15) is 17.3 Å². The zero-order chi connectivity index (χ0) is 14.9. The monoisotopic (exact) mass is 331 g/mol. The second-order valence-electron chi connectivity index (χ2n) is 3.92. The fourth-order valence-corrected chi connectivity index (χ4v) is 3.06. The summed E-state index contributed by atoms with van der Waals surface area (Å²) in [6.45, 7) is 1.87. The predicted octanol–water partition coefficient (Wildman–Crippen LogP) is 3.46. The Kier molecular flexibility index (Phi) is 4.62. The van der Waals surface area contributed by atoms with E-state index in [0.29, 0.717) is 15.9 Å². The number of benzene rings is 1. The van der Waals surface area contributed by atoms with Crippen LogP contribution in [-0.2, 0) is 15.5 Å². The van der Waals surface area contributed by atoms with Crippen LogP contribution in [0.25, 0.3) is 10.9 Å². The smallest absolute Gasteiger partial charge is 0.342 e. The highest BCUT2D eigenvalue weighted by Gasteiger charge is 2.24. The molecule has 1 unspecified atom stereocenters. The van der Waals surface area contributed by atoms with Gasteiger partial charge >= 0.3 is 5.97 Å². The molecule has 20 heavy (non-hydrogen) atoms. The molecule has 2 rings (SSSR count). The molecule has 0 saturated heterocycles. The van der Waals surface area contributed by atoms with E-state index in [4.69, 9.17) is 27.9 Å². The van der Waals surface area contributed by atoms with Gasteiger partial charge in [0.25, 0.3) is 0 Å². The summed E-state index contributed by atoms with van der Waals surface area (Å²) in [5.41, 5.74) is 0.446. The average Bonchev–Trinajstić information content (AvgIpc) is 2.39. The highest BCUT2D eigenvalue weighted by Crippen LogP contribution is 2.33. The van der Waals surface area contributed by atoms with E-state index in [9.17, 15) is 9.00 Å². The summed E-state index contributed by atoms with van der Waals surface area (Å²) >= 11 is 12.3. The van der Waals surface area contributed by atoms with Gasteiger partial charge < -0.3 is 4.74 Å². The number of nitrogens with zero attached hydrogens (tertiary/aromatic N) is 1. The van der Waals surface area contributed by atoms with Crippen LogP contribution in [0.2, 0.25) is 10.0 Å². The van der Waals surface area contributed by atoms with Crippen LogP contribution in [0.4, 0.5) is 0 Å². The predicted molar refractivity (Wildman–Crippen MR) is 80.1 cm³/mol. The normalized spacial score (nSPS) is 12.4. The fraction of sp³-hybridized carbons (Fsp3) is 0.231. The average molecular weight is 332 g/mol. The van der Waals surface area contributed by atoms with Crippen LogP contribution >= 0.6 is 23.2 Å². The second kappa shape index (κ2) is 6.08. The molecule has 0 aliphatic heterocycles. The number of aromatic nitrogens is 1. The molecular formula is C13H11Cl2NO3S. The summed E-state index contributed by atoms with van der Waals surface area (Å²) in [6, 6.07) is 5.05. The molecule has 106 valence electrons. The highest BCUT2D eigenvalue weighted by molar-refractivity contribution is 7.84. The number of esters is 1. The zero-order valence-corrected chi connectivity index (χ0v) is 13.1. The Morgan fingerprint density at radius 3 is 2.70 bits per heavy atom. The number of hydrogen-bond donors (Lipinski definition) is 0. The van der Waals surface area contributed by atoms with Gasteiger partial charge in [-0.15, -0.1) is 0 Å². The highest BCUT2D eigenvalue weighted by atomic mass is 35.5. The van der Waals surface area contributed by atoms with E-state index in [-0.39, 0.29) is 22.2 Å². The van der Waals surface area contributed by atoms with Crippen molar-refractivity contribution >= 4 is 50.9 Å². The summed E-state index contributed by atoms with van der Waals surface area (Å²) in [5, 5.41) is 1.14. The summed E-state index contributed by atoms with van der Waals surface area (Å²) in [6.07, 6.45) is 1.42. The van der Waals surface area contributed by atoms with E-state index in [2.05, 4.69) is 4.98 Å². The van der Waals surface area contributed by atoms with Gasteiger partial charge in [-0.25, -0.2) is 9.78 Å². The van der Waals surface area contributed by atoms with Crippen molar-refractivity contribution in [2.45, 2.75) is 11.9 Å². The number of carbonyl (C=O) groups excluding carboxylic acids is 1. The summed E-state index contributed by atoms with van der Waals surface area (Å²) < 4.78 is 16.8. The van der Waals surface area contributed by atoms with E-state index in [0.717, 1.165) is 0 Å². The van der Waals surface area contributed by atoms with E-state index in [1.54, 1.807) is 25.1 Å². The van der Waals surface area contributed by atoms with Gasteiger partial charge in [-0.05, 0) is 13.0 Å². The van der Waals surface area contributed by atoms with E-state index < -0.39 is 16.8 Å². The Balaban J connectivity index is 2.84. The van der Waals surface area contributed by atoms with Gasteiger partial charge in [0.1, 0.15) is 10.6 Å². The Hall–Kier alpha value is -1.17. The fourth-order valence-electron chi connectivity index (χ4n) is 1.78. The van der Waals surface area contributed by atoms with Crippen LogP contribution in [0, 0.1) is 0 Å². The van der Waals surface area contributed by atoms with Crippen molar-refractivity contribution in [3.8, 4) is 0 Å². The zero-order valence-electron chi connectivity index (χ0n) is 10.8. The van der Waals surface area contributed by atoms with Crippen molar-refractivity contribution in [1.29, 1.82) is 0 Å². The molecule has 0 fully saturated rings. The summed E-state index contributed by atoms with van der Waals surface area (Å²) in [7, 11) is -1.49. The lowest BCUT2D eigenvalue weighted by atomic mass is 10.1. The lowest BCUT2D eigenvalue weighted by Crippen LogP contribution is -2.12. The van der Waals surface area contributed by atoms with Gasteiger partial charge in [0.05, 0.1) is 33.0 Å². The SMILES string of the molecule is CCOC(=O)c1c(S(C)=O)nc2c(Cl)cccc2c1Cl. The van der Waals surface area contributed by atoms with Gasteiger partial charge in [0.15, 0.2) is 0 Å². The maximum absolute atomic E-state index is 12.0. The Morgan fingerprint density at radius 2 is 2.10 bits per heavy atom. The molecule has 0 saturated carbocycles. The largest absolute Gasteiger partial charge is 0.462 e. The number of pyridine rings is 1. The number of ether oxygens (including phenoxy) is 1. The second-order valence-corrected chi connectivity index (χ2v) is 6.00. The van der Waals surface area contributed by atoms with Crippen LogP contribution < -0.4 is 0 Å². The number of halogens is 2. The van der Waals surface area contributed by atoms with E-state index in [1.165, 1.54) is 6.26 Å². The third-order valence-corrected chi connectivity index (χ3v) is 4.16. The maximum Gasteiger partial charge on any atom is 0.342 e. The molecule has 0 aliphatic rings. The van der Waals surface area contributed by atoms with Gasteiger partial charge in [-0.2, -0.15) is 0 Å². The number of fused-ring (bicyclic) bond motifs is 1. The molecule has 1 aromatic heterocycles. The molecule has 0 bridgehead atoms. The molecule has 2 aromatic rings. The topological polar surface area (TPSA) is 56.3 Å². The molecule has 4 nitrogen and oxygen atoms in total. The van der Waals surface area contributed by atoms with Crippen molar-refractivity contribution in [1.82, 2.24) is 4.98 Å². The molecule has 0 radical (unpaired) electrons. The van der Waals surface area contributed by atoms with Crippen molar-refractivity contribution in [2.24, 2.45) is 0 Å². The van der Waals surface area contributed by atoms with Gasteiger partial charge in [-0.1, -0.05) is 35.3 Å². The first-order chi connectivity index (χ1) is 9.47. The molecule has 0 spiro atoms. The number of hydrogen-bond acceptors (Lipinski definition) is 4. The summed E-state index contributed by atoms with van der Waals surface area (Å²) in [4.78, 5) is 16.2. The Labute approximate surface area is 128 Å². The minimum atomic E-state index is -1.49. The van der Waals surface area contributed by atoms with Crippen LogP contribution in [0.15, 0.2) is 23.2 Å². The van der Waals surface area contributed by atoms with Crippen molar-refractivity contribution in [2.75, 3.05) is 12.9 Å². The van der Waals surface area contributed by atoms with Crippen molar-refractivity contribution in [3.05, 3.63) is 33.8 Å². The summed E-state index contributed by atoms with van der Waals surface area (Å²) in [5.74, 6) is -0.642.